The zero-order valence-corrected chi connectivity index (χ0v) is 5.56. The fourth-order valence-electron chi connectivity index (χ4n) is 0.234. The first kappa shape index (κ1) is 7.50. The highest BCUT2D eigenvalue weighted by atomic mass is 32.1. The molecule has 0 aromatic heterocycles. The van der Waals surface area contributed by atoms with E-state index in [1.165, 1.54) is 0 Å². The molecule has 0 radical (unpaired) electrons. The second-order valence-electron chi connectivity index (χ2n) is 1.37. The van der Waals surface area contributed by atoms with E-state index in [1.54, 1.807) is 24.5 Å². The fourth-order valence-corrected chi connectivity index (χ4v) is 0.320. The Bertz CT molecular complexity index is 124. The summed E-state index contributed by atoms with van der Waals surface area (Å²) in [5.41, 5.74) is 0.704. The fraction of sp³-hybridized carbons (Fsp3) is 0.167. The van der Waals surface area contributed by atoms with Gasteiger partial charge in [0.2, 0.25) is 0 Å². The van der Waals surface area contributed by atoms with E-state index in [4.69, 9.17) is 0 Å². The molecule has 0 saturated heterocycles. The van der Waals surface area contributed by atoms with Crippen molar-refractivity contribution in [2.24, 2.45) is 0 Å². The lowest BCUT2D eigenvalue weighted by molar-refractivity contribution is -0.104. The Morgan fingerprint density at radius 3 is 2.62 bits per heavy atom. The SMILES string of the molecule is C/C(C=O)=C\C=C/S. The molecule has 0 aliphatic rings. The van der Waals surface area contributed by atoms with Crippen molar-refractivity contribution in [3.05, 3.63) is 23.1 Å². The van der Waals surface area contributed by atoms with Gasteiger partial charge in [0.1, 0.15) is 6.29 Å². The van der Waals surface area contributed by atoms with Crippen LogP contribution >= 0.6 is 12.6 Å². The lowest BCUT2D eigenvalue weighted by Gasteiger charge is -1.77. The van der Waals surface area contributed by atoms with Crippen molar-refractivity contribution >= 4 is 18.9 Å². The van der Waals surface area contributed by atoms with Gasteiger partial charge in [0.05, 0.1) is 0 Å². The quantitative estimate of drug-likeness (QED) is 0.258. The molecule has 0 N–H and O–H groups in total. The third kappa shape index (κ3) is 3.68. The first-order valence-corrected chi connectivity index (χ1v) is 2.75. The molecule has 0 rings (SSSR count). The minimum absolute atomic E-state index is 0.704. The normalized spacial score (nSPS) is 12.5. The van der Waals surface area contributed by atoms with E-state index in [-0.39, 0.29) is 0 Å². The van der Waals surface area contributed by atoms with Gasteiger partial charge in [0.25, 0.3) is 0 Å². The zero-order chi connectivity index (χ0) is 6.41. The minimum Gasteiger partial charge on any atom is -0.298 e. The number of hydrogen-bond donors (Lipinski definition) is 1. The largest absolute Gasteiger partial charge is 0.298 e. The van der Waals surface area contributed by atoms with Crippen LogP contribution in [0.25, 0.3) is 0 Å². The van der Waals surface area contributed by atoms with Gasteiger partial charge in [-0.05, 0) is 17.9 Å². The Kier molecular flexibility index (Phi) is 4.36. The van der Waals surface area contributed by atoms with E-state index in [0.29, 0.717) is 5.57 Å². The Hall–Kier alpha value is -0.500. The second-order valence-corrected chi connectivity index (χ2v) is 1.67. The number of carbonyl (C=O) groups excluding carboxylic acids is 1. The molecule has 0 amide bonds. The van der Waals surface area contributed by atoms with Crippen molar-refractivity contribution in [3.63, 3.8) is 0 Å². The van der Waals surface area contributed by atoms with Gasteiger partial charge >= 0.3 is 0 Å². The molecule has 2 heteroatoms. The van der Waals surface area contributed by atoms with E-state index < -0.39 is 0 Å². The van der Waals surface area contributed by atoms with Crippen LogP contribution < -0.4 is 0 Å². The lowest BCUT2D eigenvalue weighted by atomic mass is 10.3. The van der Waals surface area contributed by atoms with Crippen LogP contribution in [0.15, 0.2) is 23.1 Å². The Morgan fingerprint density at radius 2 is 2.25 bits per heavy atom. The van der Waals surface area contributed by atoms with Crippen LogP contribution in [0.3, 0.4) is 0 Å². The standard InChI is InChI=1S/C6H8OS/c1-6(5-7)3-2-4-8/h2-5,8H,1H3/b4-2-,6-3+. The molecule has 0 fully saturated rings. The van der Waals surface area contributed by atoms with Gasteiger partial charge in [-0.1, -0.05) is 12.2 Å². The van der Waals surface area contributed by atoms with Gasteiger partial charge in [-0.3, -0.25) is 4.79 Å². The molecular formula is C6H8OS. The van der Waals surface area contributed by atoms with Gasteiger partial charge in [-0.15, -0.1) is 0 Å². The average Bonchev–Trinajstić information content (AvgIpc) is 1.83. The molecule has 0 aromatic rings. The van der Waals surface area contributed by atoms with Crippen LogP contribution in [0, 0.1) is 0 Å². The Morgan fingerprint density at radius 1 is 1.62 bits per heavy atom. The van der Waals surface area contributed by atoms with Gasteiger partial charge in [0, 0.05) is 0 Å². The summed E-state index contributed by atoms with van der Waals surface area (Å²) in [7, 11) is 0. The monoisotopic (exact) mass is 128 g/mol. The third-order valence-corrected chi connectivity index (χ3v) is 0.803. The second kappa shape index (κ2) is 4.65. The maximum Gasteiger partial charge on any atom is 0.145 e. The number of aldehydes is 1. The molecule has 0 aliphatic heterocycles. The maximum atomic E-state index is 9.88. The summed E-state index contributed by atoms with van der Waals surface area (Å²) < 4.78 is 0. The highest BCUT2D eigenvalue weighted by Gasteiger charge is 1.75. The van der Waals surface area contributed by atoms with Gasteiger partial charge in [0.15, 0.2) is 0 Å². The molecule has 0 aliphatic carbocycles. The number of thiol groups is 1. The molecule has 0 spiro atoms. The highest BCUT2D eigenvalue weighted by molar-refractivity contribution is 7.83. The molecular weight excluding hydrogens is 120 g/mol. The summed E-state index contributed by atoms with van der Waals surface area (Å²) in [4.78, 5) is 9.88. The molecule has 1 nitrogen and oxygen atoms in total. The molecule has 0 saturated carbocycles. The van der Waals surface area contributed by atoms with Crippen LogP contribution in [-0.2, 0) is 4.79 Å². The van der Waals surface area contributed by atoms with Gasteiger partial charge in [-0.2, -0.15) is 12.6 Å². The van der Waals surface area contributed by atoms with Crippen molar-refractivity contribution < 1.29 is 4.79 Å². The Balaban J connectivity index is 3.74. The topological polar surface area (TPSA) is 17.1 Å². The van der Waals surface area contributed by atoms with E-state index in [0.717, 1.165) is 6.29 Å². The highest BCUT2D eigenvalue weighted by Crippen LogP contribution is 1.87. The molecule has 0 bridgehead atoms. The average molecular weight is 128 g/mol. The number of allylic oxidation sites excluding steroid dienone is 3. The minimum atomic E-state index is 0.704. The van der Waals surface area contributed by atoms with E-state index in [1.807, 2.05) is 0 Å². The van der Waals surface area contributed by atoms with Gasteiger partial charge < -0.3 is 0 Å². The third-order valence-electron chi connectivity index (χ3n) is 0.631. The summed E-state index contributed by atoms with van der Waals surface area (Å²) in [5.74, 6) is 0. The number of hydrogen-bond acceptors (Lipinski definition) is 2. The van der Waals surface area contributed by atoms with E-state index >= 15 is 0 Å². The van der Waals surface area contributed by atoms with Crippen molar-refractivity contribution in [1.82, 2.24) is 0 Å². The van der Waals surface area contributed by atoms with Crippen molar-refractivity contribution in [2.45, 2.75) is 6.92 Å². The first-order valence-electron chi connectivity index (χ1n) is 2.24. The predicted molar refractivity (Wildman–Crippen MR) is 37.9 cm³/mol. The van der Waals surface area contributed by atoms with Crippen LogP contribution in [0.5, 0.6) is 0 Å². The summed E-state index contributed by atoms with van der Waals surface area (Å²) in [6.45, 7) is 1.74. The molecule has 0 heterocycles. The number of carbonyl (C=O) groups is 1. The van der Waals surface area contributed by atoms with Gasteiger partial charge in [-0.25, -0.2) is 0 Å². The smallest absolute Gasteiger partial charge is 0.145 e. The first-order chi connectivity index (χ1) is 3.81. The van der Waals surface area contributed by atoms with Crippen LogP contribution in [0.4, 0.5) is 0 Å². The van der Waals surface area contributed by atoms with E-state index in [9.17, 15) is 4.79 Å². The number of rotatable bonds is 2. The maximum absolute atomic E-state index is 9.88. The molecule has 0 unspecified atom stereocenters. The van der Waals surface area contributed by atoms with Crippen LogP contribution in [-0.4, -0.2) is 6.29 Å². The summed E-state index contributed by atoms with van der Waals surface area (Å²) in [6, 6.07) is 0. The molecule has 44 valence electrons. The van der Waals surface area contributed by atoms with Crippen LogP contribution in [0.1, 0.15) is 6.92 Å². The summed E-state index contributed by atoms with van der Waals surface area (Å²) in [6.07, 6.45) is 4.20. The zero-order valence-electron chi connectivity index (χ0n) is 4.66. The lowest BCUT2D eigenvalue weighted by Crippen LogP contribution is -1.71. The van der Waals surface area contributed by atoms with Crippen LogP contribution in [0.2, 0.25) is 0 Å². The Labute approximate surface area is 54.5 Å². The predicted octanol–water partition coefficient (Wildman–Crippen LogP) is 1.58. The molecule has 0 atom stereocenters. The summed E-state index contributed by atoms with van der Waals surface area (Å²) in [5, 5.41) is 1.58. The summed E-state index contributed by atoms with van der Waals surface area (Å²) >= 11 is 3.79. The van der Waals surface area contributed by atoms with Crippen molar-refractivity contribution in [1.29, 1.82) is 0 Å². The molecule has 8 heavy (non-hydrogen) atoms. The van der Waals surface area contributed by atoms with Crippen molar-refractivity contribution in [3.8, 4) is 0 Å². The molecule has 0 aromatic carbocycles. The van der Waals surface area contributed by atoms with Crippen molar-refractivity contribution in [2.75, 3.05) is 0 Å². The van der Waals surface area contributed by atoms with E-state index in [2.05, 4.69) is 12.6 Å².